The average Bonchev–Trinajstić information content (AvgIpc) is 2.37. The fraction of sp³-hybridized carbons (Fsp3) is 0.467. The number of aliphatic hydroxyl groups excluding tert-OH is 1. The zero-order valence-corrected chi connectivity index (χ0v) is 11.8. The molecule has 1 aliphatic carbocycles. The van der Waals surface area contributed by atoms with Gasteiger partial charge in [0.2, 0.25) is 5.91 Å². The molecule has 0 unspecified atom stereocenters. The van der Waals surface area contributed by atoms with Crippen molar-refractivity contribution in [1.29, 1.82) is 0 Å². The lowest BCUT2D eigenvalue weighted by atomic mass is 9.89. The van der Waals surface area contributed by atoms with E-state index >= 15 is 0 Å². The quantitative estimate of drug-likeness (QED) is 0.756. The van der Waals surface area contributed by atoms with Gasteiger partial charge in [0.05, 0.1) is 12.6 Å². The highest BCUT2D eigenvalue weighted by Gasteiger charge is 2.28. The molecular formula is C15H20N2O3. The lowest BCUT2D eigenvalue weighted by Crippen LogP contribution is -2.49. The molecule has 108 valence electrons. The fourth-order valence-corrected chi connectivity index (χ4v) is 2.13. The maximum Gasteiger partial charge on any atom is 0.251 e. The van der Waals surface area contributed by atoms with Crippen LogP contribution in [-0.4, -0.2) is 35.6 Å². The molecule has 5 heteroatoms. The fourth-order valence-electron chi connectivity index (χ4n) is 2.13. The maximum atomic E-state index is 11.9. The zero-order valence-electron chi connectivity index (χ0n) is 11.8. The second-order valence-electron chi connectivity index (χ2n) is 5.37. The molecular weight excluding hydrogens is 256 g/mol. The molecule has 2 amide bonds. The molecule has 1 aromatic rings. The Kier molecular flexibility index (Phi) is 4.39. The molecule has 0 radical (unpaired) electrons. The molecule has 0 atom stereocenters. The van der Waals surface area contributed by atoms with Crippen molar-refractivity contribution in [3.05, 3.63) is 34.9 Å². The molecule has 0 bridgehead atoms. The first-order valence-corrected chi connectivity index (χ1v) is 6.78. The normalized spacial score (nSPS) is 20.9. The number of carbonyl (C=O) groups excluding carboxylic acids is 2. The van der Waals surface area contributed by atoms with E-state index in [1.54, 1.807) is 6.07 Å². The van der Waals surface area contributed by atoms with Crippen LogP contribution >= 0.6 is 0 Å². The van der Waals surface area contributed by atoms with Crippen LogP contribution in [0.4, 0.5) is 0 Å². The summed E-state index contributed by atoms with van der Waals surface area (Å²) in [5.41, 5.74) is 2.73. The Morgan fingerprint density at radius 2 is 1.95 bits per heavy atom. The molecule has 5 nitrogen and oxygen atoms in total. The van der Waals surface area contributed by atoms with Crippen LogP contribution in [0.25, 0.3) is 0 Å². The van der Waals surface area contributed by atoms with Crippen LogP contribution in [-0.2, 0) is 4.79 Å². The van der Waals surface area contributed by atoms with E-state index in [4.69, 9.17) is 5.11 Å². The van der Waals surface area contributed by atoms with Gasteiger partial charge in [-0.05, 0) is 49.9 Å². The van der Waals surface area contributed by atoms with E-state index in [0.29, 0.717) is 18.4 Å². The van der Waals surface area contributed by atoms with E-state index in [-0.39, 0.29) is 30.5 Å². The van der Waals surface area contributed by atoms with Gasteiger partial charge in [-0.15, -0.1) is 0 Å². The Bertz CT molecular complexity index is 522. The zero-order chi connectivity index (χ0) is 14.7. The van der Waals surface area contributed by atoms with E-state index in [0.717, 1.165) is 11.1 Å². The number of hydrogen-bond acceptors (Lipinski definition) is 3. The predicted octanol–water partition coefficient (Wildman–Crippen LogP) is 0.673. The van der Waals surface area contributed by atoms with Gasteiger partial charge in [0.1, 0.15) is 0 Å². The van der Waals surface area contributed by atoms with Crippen molar-refractivity contribution in [2.24, 2.45) is 0 Å². The summed E-state index contributed by atoms with van der Waals surface area (Å²) in [6, 6.07) is 5.49. The Labute approximate surface area is 118 Å². The van der Waals surface area contributed by atoms with Crippen molar-refractivity contribution in [3.8, 4) is 0 Å². The second kappa shape index (κ2) is 6.05. The molecule has 0 saturated heterocycles. The van der Waals surface area contributed by atoms with E-state index in [9.17, 15) is 9.59 Å². The maximum absolute atomic E-state index is 11.9. The van der Waals surface area contributed by atoms with E-state index in [2.05, 4.69) is 10.6 Å². The molecule has 1 aliphatic rings. The molecule has 0 heterocycles. The summed E-state index contributed by atoms with van der Waals surface area (Å²) in [6.45, 7) is 3.89. The first-order chi connectivity index (χ1) is 9.45. The largest absolute Gasteiger partial charge is 0.393 e. The van der Waals surface area contributed by atoms with E-state index in [1.807, 2.05) is 26.0 Å². The molecule has 1 aromatic carbocycles. The highest BCUT2D eigenvalue weighted by molar-refractivity contribution is 5.96. The molecule has 1 fully saturated rings. The van der Waals surface area contributed by atoms with Gasteiger partial charge in [-0.2, -0.15) is 0 Å². The van der Waals surface area contributed by atoms with E-state index < -0.39 is 0 Å². The van der Waals surface area contributed by atoms with Gasteiger partial charge in [0, 0.05) is 11.6 Å². The first kappa shape index (κ1) is 14.5. The summed E-state index contributed by atoms with van der Waals surface area (Å²) in [5, 5.41) is 14.5. The Morgan fingerprint density at radius 3 is 2.55 bits per heavy atom. The van der Waals surface area contributed by atoms with Crippen LogP contribution in [0.5, 0.6) is 0 Å². The Morgan fingerprint density at radius 1 is 1.25 bits per heavy atom. The van der Waals surface area contributed by atoms with Crippen molar-refractivity contribution < 1.29 is 14.7 Å². The minimum atomic E-state index is -0.301. The monoisotopic (exact) mass is 276 g/mol. The lowest BCUT2D eigenvalue weighted by Gasteiger charge is -2.31. The van der Waals surface area contributed by atoms with Gasteiger partial charge in [-0.3, -0.25) is 9.59 Å². The summed E-state index contributed by atoms with van der Waals surface area (Å²) < 4.78 is 0. The molecule has 0 spiro atoms. The number of hydrogen-bond donors (Lipinski definition) is 3. The average molecular weight is 276 g/mol. The Balaban J connectivity index is 1.79. The van der Waals surface area contributed by atoms with Gasteiger partial charge in [-0.1, -0.05) is 6.07 Å². The lowest BCUT2D eigenvalue weighted by molar-refractivity contribution is -0.122. The molecule has 3 N–H and O–H groups in total. The summed E-state index contributed by atoms with van der Waals surface area (Å²) in [5.74, 6) is -0.476. The first-order valence-electron chi connectivity index (χ1n) is 6.78. The van der Waals surface area contributed by atoms with Crippen molar-refractivity contribution in [2.45, 2.75) is 38.8 Å². The topological polar surface area (TPSA) is 78.4 Å². The number of amides is 2. The highest BCUT2D eigenvalue weighted by atomic mass is 16.3. The van der Waals surface area contributed by atoms with Crippen LogP contribution in [0.3, 0.4) is 0 Å². The van der Waals surface area contributed by atoms with Crippen LogP contribution in [0, 0.1) is 13.8 Å². The van der Waals surface area contributed by atoms with Crippen LogP contribution in [0.15, 0.2) is 18.2 Å². The van der Waals surface area contributed by atoms with Gasteiger partial charge in [0.25, 0.3) is 5.91 Å². The molecule has 2 rings (SSSR count). The molecule has 0 aromatic heterocycles. The van der Waals surface area contributed by atoms with Crippen LogP contribution < -0.4 is 10.6 Å². The van der Waals surface area contributed by atoms with Crippen LogP contribution in [0.2, 0.25) is 0 Å². The smallest absolute Gasteiger partial charge is 0.251 e. The third-order valence-electron chi connectivity index (χ3n) is 3.66. The summed E-state index contributed by atoms with van der Waals surface area (Å²) in [4.78, 5) is 23.5. The summed E-state index contributed by atoms with van der Waals surface area (Å²) >= 11 is 0. The Hall–Kier alpha value is -1.88. The third kappa shape index (κ3) is 3.57. The van der Waals surface area contributed by atoms with Crippen LogP contribution in [0.1, 0.15) is 34.3 Å². The van der Waals surface area contributed by atoms with E-state index in [1.165, 1.54) is 0 Å². The van der Waals surface area contributed by atoms with Crippen molar-refractivity contribution in [2.75, 3.05) is 6.54 Å². The van der Waals surface area contributed by atoms with Gasteiger partial charge in [-0.25, -0.2) is 0 Å². The predicted molar refractivity (Wildman–Crippen MR) is 75.4 cm³/mol. The molecule has 1 saturated carbocycles. The number of aliphatic hydroxyl groups is 1. The van der Waals surface area contributed by atoms with Gasteiger partial charge in [0.15, 0.2) is 0 Å². The van der Waals surface area contributed by atoms with Gasteiger partial charge < -0.3 is 15.7 Å². The summed E-state index contributed by atoms with van der Waals surface area (Å²) in [7, 11) is 0. The standard InChI is InChI=1S/C15H20N2O3/c1-9-3-4-11(5-10(9)2)15(20)16-8-14(19)17-12-6-13(18)7-12/h3-5,12-13,18H,6-8H2,1-2H3,(H,16,20)(H,17,19). The molecule has 20 heavy (non-hydrogen) atoms. The van der Waals surface area contributed by atoms with Gasteiger partial charge >= 0.3 is 0 Å². The second-order valence-corrected chi connectivity index (χ2v) is 5.37. The molecule has 0 aliphatic heterocycles. The van der Waals surface area contributed by atoms with Crippen molar-refractivity contribution >= 4 is 11.8 Å². The summed E-state index contributed by atoms with van der Waals surface area (Å²) in [6.07, 6.45) is 0.888. The van der Waals surface area contributed by atoms with Crippen molar-refractivity contribution in [3.63, 3.8) is 0 Å². The highest BCUT2D eigenvalue weighted by Crippen LogP contribution is 2.18. The number of benzene rings is 1. The number of rotatable bonds is 4. The number of aryl methyl sites for hydroxylation is 2. The third-order valence-corrected chi connectivity index (χ3v) is 3.66. The minimum Gasteiger partial charge on any atom is -0.393 e. The number of nitrogens with one attached hydrogen (secondary N) is 2. The SMILES string of the molecule is Cc1ccc(C(=O)NCC(=O)NC2CC(O)C2)cc1C. The minimum absolute atomic E-state index is 0.0380. The number of carbonyl (C=O) groups is 2. The van der Waals surface area contributed by atoms with Crippen molar-refractivity contribution in [1.82, 2.24) is 10.6 Å².